The molecule has 1 atom stereocenters. The first kappa shape index (κ1) is 18.6. The summed E-state index contributed by atoms with van der Waals surface area (Å²) < 4.78 is 5.40. The molecule has 6 heteroatoms. The first-order valence-corrected chi connectivity index (χ1v) is 9.49. The van der Waals surface area contributed by atoms with Crippen molar-refractivity contribution in [3.05, 3.63) is 36.4 Å². The van der Waals surface area contributed by atoms with E-state index in [0.717, 1.165) is 62.9 Å². The molecule has 2 heterocycles. The molecule has 1 aromatic carbocycles. The normalized spacial score (nSPS) is 16.2. The fourth-order valence-corrected chi connectivity index (χ4v) is 2.85. The molecule has 1 fully saturated rings. The van der Waals surface area contributed by atoms with Gasteiger partial charge in [0, 0.05) is 43.9 Å². The van der Waals surface area contributed by atoms with Crippen LogP contribution in [-0.4, -0.2) is 60.3 Å². The van der Waals surface area contributed by atoms with Gasteiger partial charge in [0.25, 0.3) is 0 Å². The number of rotatable bonds is 8. The first-order valence-electron chi connectivity index (χ1n) is 9.49. The van der Waals surface area contributed by atoms with Gasteiger partial charge in [-0.3, -0.25) is 4.90 Å². The van der Waals surface area contributed by atoms with E-state index in [2.05, 4.69) is 46.5 Å². The smallest absolute Gasteiger partial charge is 0.225 e. The number of benzene rings is 1. The largest absolute Gasteiger partial charge is 0.379 e. The molecule has 1 unspecified atom stereocenters. The average molecular weight is 355 g/mol. The van der Waals surface area contributed by atoms with Crippen molar-refractivity contribution in [1.82, 2.24) is 14.9 Å². The Hall–Kier alpha value is -2.18. The number of morpholine rings is 1. The third-order valence-electron chi connectivity index (χ3n) is 4.62. The molecule has 140 valence electrons. The molecule has 0 radical (unpaired) electrons. The van der Waals surface area contributed by atoms with Crippen molar-refractivity contribution in [3.8, 4) is 11.3 Å². The van der Waals surface area contributed by atoms with Gasteiger partial charge in [0.1, 0.15) is 5.82 Å². The van der Waals surface area contributed by atoms with Crippen molar-refractivity contribution in [2.75, 3.05) is 50.0 Å². The van der Waals surface area contributed by atoms with Crippen LogP contribution in [0.3, 0.4) is 0 Å². The van der Waals surface area contributed by atoms with Crippen LogP contribution in [0.5, 0.6) is 0 Å². The standard InChI is InChI=1S/C20H29N5O/c1-3-16(2)22-20-23-18(17-7-5-4-6-8-17)15-19(24-20)21-9-10-25-11-13-26-14-12-25/h4-8,15-16H,3,9-14H2,1-2H3,(H2,21,22,23,24). The van der Waals surface area contributed by atoms with Crippen LogP contribution in [0.1, 0.15) is 20.3 Å². The van der Waals surface area contributed by atoms with E-state index in [1.165, 1.54) is 0 Å². The second-order valence-electron chi connectivity index (χ2n) is 6.66. The summed E-state index contributed by atoms with van der Waals surface area (Å²) in [5, 5.41) is 6.85. The lowest BCUT2D eigenvalue weighted by Crippen LogP contribution is -2.39. The number of hydrogen-bond acceptors (Lipinski definition) is 6. The van der Waals surface area contributed by atoms with Gasteiger partial charge in [0.2, 0.25) is 5.95 Å². The van der Waals surface area contributed by atoms with Gasteiger partial charge in [-0.2, -0.15) is 4.98 Å². The van der Waals surface area contributed by atoms with E-state index in [9.17, 15) is 0 Å². The Morgan fingerprint density at radius 3 is 2.65 bits per heavy atom. The molecule has 26 heavy (non-hydrogen) atoms. The van der Waals surface area contributed by atoms with E-state index in [4.69, 9.17) is 9.72 Å². The van der Waals surface area contributed by atoms with Crippen LogP contribution >= 0.6 is 0 Å². The topological polar surface area (TPSA) is 62.3 Å². The molecule has 0 bridgehead atoms. The lowest BCUT2D eigenvalue weighted by atomic mass is 10.1. The van der Waals surface area contributed by atoms with Crippen molar-refractivity contribution in [2.24, 2.45) is 0 Å². The second-order valence-corrected chi connectivity index (χ2v) is 6.66. The number of nitrogens with zero attached hydrogens (tertiary/aromatic N) is 3. The highest BCUT2D eigenvalue weighted by atomic mass is 16.5. The van der Waals surface area contributed by atoms with Crippen LogP contribution in [0.2, 0.25) is 0 Å². The molecule has 3 rings (SSSR count). The highest BCUT2D eigenvalue weighted by molar-refractivity contribution is 5.64. The minimum atomic E-state index is 0.335. The third kappa shape index (κ3) is 5.41. The summed E-state index contributed by atoms with van der Waals surface area (Å²) >= 11 is 0. The number of ether oxygens (including phenoxy) is 1. The minimum Gasteiger partial charge on any atom is -0.379 e. The van der Waals surface area contributed by atoms with Gasteiger partial charge in [0.05, 0.1) is 18.9 Å². The van der Waals surface area contributed by atoms with Crippen molar-refractivity contribution in [3.63, 3.8) is 0 Å². The maximum absolute atomic E-state index is 5.40. The zero-order chi connectivity index (χ0) is 18.2. The van der Waals surface area contributed by atoms with Gasteiger partial charge in [-0.25, -0.2) is 4.98 Å². The summed E-state index contributed by atoms with van der Waals surface area (Å²) in [5.41, 5.74) is 2.03. The Kier molecular flexibility index (Phi) is 6.80. The van der Waals surface area contributed by atoms with E-state index in [-0.39, 0.29) is 0 Å². The molecule has 1 aliphatic heterocycles. The van der Waals surface area contributed by atoms with E-state index in [1.807, 2.05) is 24.3 Å². The number of nitrogens with one attached hydrogen (secondary N) is 2. The average Bonchev–Trinajstić information content (AvgIpc) is 2.69. The SMILES string of the molecule is CCC(C)Nc1nc(NCCN2CCOCC2)cc(-c2ccccc2)n1. The zero-order valence-electron chi connectivity index (χ0n) is 15.7. The molecule has 0 aliphatic carbocycles. The predicted molar refractivity (Wildman–Crippen MR) is 107 cm³/mol. The summed E-state index contributed by atoms with van der Waals surface area (Å²) in [7, 11) is 0. The summed E-state index contributed by atoms with van der Waals surface area (Å²) in [6, 6.07) is 12.6. The molecule has 1 aliphatic rings. The molecule has 6 nitrogen and oxygen atoms in total. The fourth-order valence-electron chi connectivity index (χ4n) is 2.85. The van der Waals surface area contributed by atoms with Crippen LogP contribution in [0.15, 0.2) is 36.4 Å². The van der Waals surface area contributed by atoms with Gasteiger partial charge in [-0.1, -0.05) is 37.3 Å². The Balaban J connectivity index is 1.71. The molecule has 0 spiro atoms. The van der Waals surface area contributed by atoms with Gasteiger partial charge in [-0.15, -0.1) is 0 Å². The maximum Gasteiger partial charge on any atom is 0.225 e. The summed E-state index contributed by atoms with van der Waals surface area (Å²) in [6.45, 7) is 9.80. The Bertz CT molecular complexity index is 673. The minimum absolute atomic E-state index is 0.335. The van der Waals surface area contributed by atoms with Crippen LogP contribution in [0.25, 0.3) is 11.3 Å². The van der Waals surface area contributed by atoms with E-state index >= 15 is 0 Å². The number of aromatic nitrogens is 2. The number of anilines is 2. The quantitative estimate of drug-likeness (QED) is 0.759. The van der Waals surface area contributed by atoms with Crippen molar-refractivity contribution < 1.29 is 4.74 Å². The van der Waals surface area contributed by atoms with Gasteiger partial charge in [-0.05, 0) is 13.3 Å². The molecular formula is C20H29N5O. The lowest BCUT2D eigenvalue weighted by molar-refractivity contribution is 0.0398. The Morgan fingerprint density at radius 1 is 1.15 bits per heavy atom. The maximum atomic E-state index is 5.40. The van der Waals surface area contributed by atoms with Crippen LogP contribution in [0, 0.1) is 0 Å². The van der Waals surface area contributed by atoms with E-state index in [1.54, 1.807) is 0 Å². The van der Waals surface area contributed by atoms with Crippen molar-refractivity contribution in [2.45, 2.75) is 26.3 Å². The van der Waals surface area contributed by atoms with Gasteiger partial charge < -0.3 is 15.4 Å². The van der Waals surface area contributed by atoms with E-state index in [0.29, 0.717) is 12.0 Å². The predicted octanol–water partition coefficient (Wildman–Crippen LogP) is 3.10. The van der Waals surface area contributed by atoms with Crippen molar-refractivity contribution in [1.29, 1.82) is 0 Å². The molecule has 1 aromatic heterocycles. The fraction of sp³-hybridized carbons (Fsp3) is 0.500. The van der Waals surface area contributed by atoms with Crippen molar-refractivity contribution >= 4 is 11.8 Å². The molecule has 0 saturated carbocycles. The van der Waals surface area contributed by atoms with Gasteiger partial charge in [0.15, 0.2) is 0 Å². The molecule has 1 saturated heterocycles. The molecule has 2 N–H and O–H groups in total. The van der Waals surface area contributed by atoms with Crippen LogP contribution < -0.4 is 10.6 Å². The highest BCUT2D eigenvalue weighted by Crippen LogP contribution is 2.21. The monoisotopic (exact) mass is 355 g/mol. The third-order valence-corrected chi connectivity index (χ3v) is 4.62. The summed E-state index contributed by atoms with van der Waals surface area (Å²) in [6.07, 6.45) is 1.03. The summed E-state index contributed by atoms with van der Waals surface area (Å²) in [4.78, 5) is 11.8. The lowest BCUT2D eigenvalue weighted by Gasteiger charge is -2.26. The second kappa shape index (κ2) is 9.50. The molecule has 0 amide bonds. The highest BCUT2D eigenvalue weighted by Gasteiger charge is 2.11. The van der Waals surface area contributed by atoms with E-state index < -0.39 is 0 Å². The molecule has 2 aromatic rings. The summed E-state index contributed by atoms with van der Waals surface area (Å²) in [5.74, 6) is 1.53. The first-order chi connectivity index (χ1) is 12.7. The van der Waals surface area contributed by atoms with Crippen LogP contribution in [-0.2, 0) is 4.74 Å². The Morgan fingerprint density at radius 2 is 1.92 bits per heavy atom. The molecular weight excluding hydrogens is 326 g/mol. The van der Waals surface area contributed by atoms with Gasteiger partial charge >= 0.3 is 0 Å². The Labute approximate surface area is 156 Å². The van der Waals surface area contributed by atoms with Crippen LogP contribution in [0.4, 0.5) is 11.8 Å². The zero-order valence-corrected chi connectivity index (χ0v) is 15.7. The number of hydrogen-bond donors (Lipinski definition) is 2.